The van der Waals surface area contributed by atoms with Crippen LogP contribution in [-0.2, 0) is 4.74 Å². The van der Waals surface area contributed by atoms with Crippen LogP contribution in [0.5, 0.6) is 5.75 Å². The number of anilines is 1. The van der Waals surface area contributed by atoms with Crippen LogP contribution in [0.4, 0.5) is 10.7 Å². The molecule has 0 bridgehead atoms. The fraction of sp³-hybridized carbons (Fsp3) is 0.158. The van der Waals surface area contributed by atoms with Gasteiger partial charge in [0.25, 0.3) is 0 Å². The molecule has 9 nitrogen and oxygen atoms in total. The van der Waals surface area contributed by atoms with Crippen molar-refractivity contribution in [3.8, 4) is 22.6 Å². The van der Waals surface area contributed by atoms with Gasteiger partial charge in [-0.25, -0.2) is 14.5 Å². The van der Waals surface area contributed by atoms with Gasteiger partial charge in [-0.15, -0.1) is 0 Å². The van der Waals surface area contributed by atoms with Crippen molar-refractivity contribution in [1.82, 2.24) is 24.7 Å². The number of fused-ring (bicyclic) bond motifs is 1. The Morgan fingerprint density at radius 3 is 2.89 bits per heavy atom. The molecular weight excluding hydrogens is 360 g/mol. The van der Waals surface area contributed by atoms with Crippen molar-refractivity contribution >= 4 is 23.1 Å². The van der Waals surface area contributed by atoms with Crippen molar-refractivity contribution in [3.63, 3.8) is 0 Å². The summed E-state index contributed by atoms with van der Waals surface area (Å²) in [6.07, 6.45) is 4.57. The summed E-state index contributed by atoms with van der Waals surface area (Å²) in [5, 5.41) is 16.9. The van der Waals surface area contributed by atoms with Crippen molar-refractivity contribution in [2.24, 2.45) is 0 Å². The Morgan fingerprint density at radius 2 is 2.18 bits per heavy atom. The summed E-state index contributed by atoms with van der Waals surface area (Å²) >= 11 is 0. The molecule has 9 heteroatoms. The molecule has 142 valence electrons. The number of H-pyrrole nitrogens is 1. The Kier molecular flexibility index (Phi) is 4.40. The van der Waals surface area contributed by atoms with Crippen LogP contribution in [0.3, 0.4) is 0 Å². The van der Waals surface area contributed by atoms with Crippen LogP contribution in [0, 0.1) is 6.92 Å². The van der Waals surface area contributed by atoms with Crippen LogP contribution in [0.2, 0.25) is 0 Å². The fourth-order valence-electron chi connectivity index (χ4n) is 2.85. The second-order valence-corrected chi connectivity index (χ2v) is 6.10. The maximum Gasteiger partial charge on any atom is 0.413 e. The quantitative estimate of drug-likeness (QED) is 0.501. The van der Waals surface area contributed by atoms with Crippen LogP contribution in [0.25, 0.3) is 27.8 Å². The first-order valence-corrected chi connectivity index (χ1v) is 8.68. The number of benzene rings is 1. The number of aryl methyl sites for hydroxylation is 1. The Labute approximate surface area is 160 Å². The average Bonchev–Trinajstić information content (AvgIpc) is 3.32. The number of nitrogens with one attached hydrogen (secondary N) is 2. The van der Waals surface area contributed by atoms with E-state index in [1.54, 1.807) is 43.2 Å². The molecule has 4 rings (SSSR count). The second-order valence-electron chi connectivity index (χ2n) is 6.10. The largest absolute Gasteiger partial charge is 0.506 e. The lowest BCUT2D eigenvalue weighted by atomic mass is 10.1. The zero-order valence-electron chi connectivity index (χ0n) is 15.3. The number of carbonyl (C=O) groups excluding carboxylic acids is 1. The van der Waals surface area contributed by atoms with Crippen molar-refractivity contribution in [2.45, 2.75) is 13.8 Å². The Hall–Kier alpha value is -3.88. The zero-order valence-corrected chi connectivity index (χ0v) is 15.3. The predicted octanol–water partition coefficient (Wildman–Crippen LogP) is 3.39. The molecule has 0 aliphatic rings. The van der Waals surface area contributed by atoms with Gasteiger partial charge in [-0.1, -0.05) is 0 Å². The van der Waals surface area contributed by atoms with Crippen molar-refractivity contribution in [2.75, 3.05) is 11.9 Å². The first kappa shape index (κ1) is 17.5. The molecule has 0 aliphatic carbocycles. The Morgan fingerprint density at radius 1 is 1.32 bits per heavy atom. The number of aromatic hydroxyl groups is 1. The number of nitrogens with zero attached hydrogens (tertiary/aromatic N) is 4. The maximum absolute atomic E-state index is 11.7. The fourth-order valence-corrected chi connectivity index (χ4v) is 2.85. The van der Waals surface area contributed by atoms with Gasteiger partial charge in [0.05, 0.1) is 23.5 Å². The maximum atomic E-state index is 11.7. The number of carbonyl (C=O) groups is 1. The highest BCUT2D eigenvalue weighted by molar-refractivity contribution is 5.93. The van der Waals surface area contributed by atoms with E-state index >= 15 is 0 Å². The van der Waals surface area contributed by atoms with Crippen LogP contribution >= 0.6 is 0 Å². The first-order valence-electron chi connectivity index (χ1n) is 8.68. The monoisotopic (exact) mass is 378 g/mol. The SMILES string of the molecule is CCOC(=O)Nc1nc2c(-n3cccn3)cc(-c3cnc(C)c(O)c3)cc2[nH]1. The summed E-state index contributed by atoms with van der Waals surface area (Å²) in [7, 11) is 0. The highest BCUT2D eigenvalue weighted by Gasteiger charge is 2.15. The molecular formula is C19H18N6O3. The molecule has 28 heavy (non-hydrogen) atoms. The number of hydrogen-bond acceptors (Lipinski definition) is 6. The van der Waals surface area contributed by atoms with E-state index < -0.39 is 6.09 Å². The summed E-state index contributed by atoms with van der Waals surface area (Å²) in [6, 6.07) is 7.24. The van der Waals surface area contributed by atoms with E-state index in [0.717, 1.165) is 11.1 Å². The minimum atomic E-state index is -0.588. The van der Waals surface area contributed by atoms with Gasteiger partial charge in [0.2, 0.25) is 5.95 Å². The van der Waals surface area contributed by atoms with E-state index in [9.17, 15) is 9.90 Å². The number of aromatic nitrogens is 5. The molecule has 1 amide bonds. The highest BCUT2D eigenvalue weighted by Crippen LogP contribution is 2.31. The molecule has 0 spiro atoms. The van der Waals surface area contributed by atoms with E-state index in [4.69, 9.17) is 4.74 Å². The van der Waals surface area contributed by atoms with Gasteiger partial charge in [0.15, 0.2) is 0 Å². The average molecular weight is 378 g/mol. The Bertz CT molecular complexity index is 1150. The number of pyridine rings is 1. The van der Waals surface area contributed by atoms with Gasteiger partial charge >= 0.3 is 6.09 Å². The normalized spacial score (nSPS) is 10.9. The smallest absolute Gasteiger partial charge is 0.413 e. The summed E-state index contributed by atoms with van der Waals surface area (Å²) in [5.74, 6) is 0.386. The topological polar surface area (TPSA) is 118 Å². The zero-order chi connectivity index (χ0) is 19.7. The molecule has 1 aromatic carbocycles. The van der Waals surface area contributed by atoms with Gasteiger partial charge in [-0.05, 0) is 43.7 Å². The molecule has 3 aromatic heterocycles. The number of rotatable bonds is 4. The van der Waals surface area contributed by atoms with Crippen LogP contribution in [-0.4, -0.2) is 42.5 Å². The van der Waals surface area contributed by atoms with E-state index in [2.05, 4.69) is 25.4 Å². The lowest BCUT2D eigenvalue weighted by Crippen LogP contribution is -2.14. The molecule has 0 radical (unpaired) electrons. The molecule has 0 aliphatic heterocycles. The van der Waals surface area contributed by atoms with Gasteiger partial charge in [0.1, 0.15) is 11.3 Å². The van der Waals surface area contributed by atoms with Crippen LogP contribution in [0.1, 0.15) is 12.6 Å². The number of aromatic amines is 1. The molecule has 0 fully saturated rings. The lowest BCUT2D eigenvalue weighted by molar-refractivity contribution is 0.167. The number of amides is 1. The summed E-state index contributed by atoms with van der Waals surface area (Å²) in [6.45, 7) is 3.73. The molecule has 4 aromatic rings. The van der Waals surface area contributed by atoms with Crippen LogP contribution in [0.15, 0.2) is 42.9 Å². The number of imidazole rings is 1. The van der Waals surface area contributed by atoms with Crippen molar-refractivity contribution < 1.29 is 14.6 Å². The summed E-state index contributed by atoms with van der Waals surface area (Å²) in [4.78, 5) is 23.5. The predicted molar refractivity (Wildman–Crippen MR) is 103 cm³/mol. The van der Waals surface area contributed by atoms with Crippen molar-refractivity contribution in [3.05, 3.63) is 48.5 Å². The van der Waals surface area contributed by atoms with Gasteiger partial charge in [0, 0.05) is 24.2 Å². The lowest BCUT2D eigenvalue weighted by Gasteiger charge is -2.08. The van der Waals surface area contributed by atoms with E-state index in [1.807, 2.05) is 18.2 Å². The minimum absolute atomic E-state index is 0.118. The summed E-state index contributed by atoms with van der Waals surface area (Å²) in [5.41, 5.74) is 4.14. The Balaban J connectivity index is 1.85. The molecule has 0 unspecified atom stereocenters. The van der Waals surface area contributed by atoms with Gasteiger partial charge in [-0.2, -0.15) is 5.10 Å². The third-order valence-corrected chi connectivity index (χ3v) is 4.21. The minimum Gasteiger partial charge on any atom is -0.506 e. The van der Waals surface area contributed by atoms with Crippen molar-refractivity contribution in [1.29, 1.82) is 0 Å². The summed E-state index contributed by atoms with van der Waals surface area (Å²) < 4.78 is 6.58. The highest BCUT2D eigenvalue weighted by atomic mass is 16.5. The molecule has 0 atom stereocenters. The van der Waals surface area contributed by atoms with E-state index in [1.165, 1.54) is 0 Å². The van der Waals surface area contributed by atoms with Gasteiger partial charge < -0.3 is 14.8 Å². The second kappa shape index (κ2) is 7.03. The molecule has 0 saturated heterocycles. The first-order chi connectivity index (χ1) is 13.5. The molecule has 3 heterocycles. The third-order valence-electron chi connectivity index (χ3n) is 4.21. The number of ether oxygens (including phenoxy) is 1. The number of hydrogen-bond donors (Lipinski definition) is 3. The molecule has 3 N–H and O–H groups in total. The van der Waals surface area contributed by atoms with Crippen LogP contribution < -0.4 is 5.32 Å². The van der Waals surface area contributed by atoms with Gasteiger partial charge in [-0.3, -0.25) is 10.3 Å². The van der Waals surface area contributed by atoms with E-state index in [-0.39, 0.29) is 18.3 Å². The third kappa shape index (κ3) is 3.25. The molecule has 0 saturated carbocycles. The van der Waals surface area contributed by atoms with E-state index in [0.29, 0.717) is 22.4 Å². The standard InChI is InChI=1S/C19H18N6O3/c1-3-28-19(27)24-18-22-14-7-12(13-9-16(26)11(2)20-10-13)8-15(17(14)23-18)25-6-4-5-21-25/h4-10,26H,3H2,1-2H3,(H2,22,23,24,27).